The van der Waals surface area contributed by atoms with Gasteiger partial charge in [-0.25, -0.2) is 0 Å². The maximum absolute atomic E-state index is 13.5. The van der Waals surface area contributed by atoms with Crippen molar-refractivity contribution in [3.8, 4) is 23.3 Å². The highest BCUT2D eigenvalue weighted by molar-refractivity contribution is 7.98. The molecule has 1 fully saturated rings. The van der Waals surface area contributed by atoms with Gasteiger partial charge in [-0.2, -0.15) is 13.2 Å². The Morgan fingerprint density at radius 3 is 2.51 bits per heavy atom. The van der Waals surface area contributed by atoms with Crippen LogP contribution in [0.5, 0.6) is 11.5 Å². The summed E-state index contributed by atoms with van der Waals surface area (Å²) in [5, 5.41) is 7.31. The van der Waals surface area contributed by atoms with Gasteiger partial charge in [0.15, 0.2) is 0 Å². The molecule has 2 N–H and O–H groups in total. The first-order valence-electron chi connectivity index (χ1n) is 11.9. The summed E-state index contributed by atoms with van der Waals surface area (Å²) < 4.78 is 58.3. The van der Waals surface area contributed by atoms with Gasteiger partial charge in [0.25, 0.3) is 0 Å². The topological polar surface area (TPSA) is 56.7 Å². The molecule has 2 heterocycles. The Hall–Kier alpha value is -3.16. The quantitative estimate of drug-likeness (QED) is 0.274. The van der Waals surface area contributed by atoms with E-state index in [4.69, 9.17) is 14.2 Å². The molecule has 4 rings (SSSR count). The van der Waals surface area contributed by atoms with Crippen LogP contribution in [-0.2, 0) is 11.3 Å². The molecular formula is C27H30F3N3O3S. The molecule has 0 spiro atoms. The Kier molecular flexibility index (Phi) is 8.67. The Balaban J connectivity index is 1.66. The van der Waals surface area contributed by atoms with Gasteiger partial charge < -0.3 is 29.4 Å². The van der Waals surface area contributed by atoms with Crippen molar-refractivity contribution >= 4 is 34.0 Å². The summed E-state index contributed by atoms with van der Waals surface area (Å²) in [5.74, 6) is 7.16. The fraction of sp³-hybridized carbons (Fsp3) is 0.407. The van der Waals surface area contributed by atoms with Crippen LogP contribution >= 0.6 is 11.8 Å². The summed E-state index contributed by atoms with van der Waals surface area (Å²) in [7, 11) is 3.14. The molecule has 6 nitrogen and oxygen atoms in total. The SMILES string of the molecule is COc1cc(SC)ccc1NCC#Cc1cc2c(NC3CCOCC3)c(OC)ccc2n1CC(F)(F)F. The zero-order chi connectivity index (χ0) is 26.4. The van der Waals surface area contributed by atoms with E-state index in [0.29, 0.717) is 41.3 Å². The monoisotopic (exact) mass is 533 g/mol. The van der Waals surface area contributed by atoms with E-state index in [2.05, 4.69) is 22.5 Å². The number of fused-ring (bicyclic) bond motifs is 1. The number of methoxy groups -OCH3 is 2. The van der Waals surface area contributed by atoms with E-state index >= 15 is 0 Å². The van der Waals surface area contributed by atoms with Gasteiger partial charge in [-0.05, 0) is 61.4 Å². The van der Waals surface area contributed by atoms with Gasteiger partial charge >= 0.3 is 6.18 Å². The number of nitrogens with one attached hydrogen (secondary N) is 2. The summed E-state index contributed by atoms with van der Waals surface area (Å²) in [4.78, 5) is 1.06. The summed E-state index contributed by atoms with van der Waals surface area (Å²) in [6.45, 7) is 0.374. The average molecular weight is 534 g/mol. The van der Waals surface area contributed by atoms with Crippen molar-refractivity contribution in [2.24, 2.45) is 0 Å². The van der Waals surface area contributed by atoms with Gasteiger partial charge in [-0.1, -0.05) is 5.92 Å². The largest absolute Gasteiger partial charge is 0.495 e. The molecule has 0 amide bonds. The van der Waals surface area contributed by atoms with E-state index < -0.39 is 12.7 Å². The predicted molar refractivity (Wildman–Crippen MR) is 142 cm³/mol. The highest BCUT2D eigenvalue weighted by atomic mass is 32.2. The lowest BCUT2D eigenvalue weighted by Gasteiger charge is -2.25. The number of nitrogens with zero attached hydrogens (tertiary/aromatic N) is 1. The molecule has 0 saturated carbocycles. The number of alkyl halides is 3. The van der Waals surface area contributed by atoms with Crippen molar-refractivity contribution < 1.29 is 27.4 Å². The fourth-order valence-electron chi connectivity index (χ4n) is 4.35. The van der Waals surface area contributed by atoms with Gasteiger partial charge in [-0.15, -0.1) is 11.8 Å². The molecule has 0 bridgehead atoms. The van der Waals surface area contributed by atoms with Crippen LogP contribution in [0.15, 0.2) is 41.3 Å². The number of rotatable bonds is 8. The van der Waals surface area contributed by atoms with Gasteiger partial charge in [0.05, 0.1) is 43.3 Å². The minimum Gasteiger partial charge on any atom is -0.495 e. The number of anilines is 2. The molecule has 10 heteroatoms. The van der Waals surface area contributed by atoms with Crippen molar-refractivity contribution in [2.45, 2.75) is 36.5 Å². The van der Waals surface area contributed by atoms with Crippen LogP contribution in [0.3, 0.4) is 0 Å². The first-order chi connectivity index (χ1) is 17.8. The Morgan fingerprint density at radius 2 is 1.84 bits per heavy atom. The number of hydrogen-bond acceptors (Lipinski definition) is 6. The molecule has 0 atom stereocenters. The Bertz CT molecular complexity index is 1290. The lowest BCUT2D eigenvalue weighted by atomic mass is 10.1. The van der Waals surface area contributed by atoms with E-state index in [1.165, 1.54) is 4.57 Å². The molecule has 0 unspecified atom stereocenters. The summed E-state index contributed by atoms with van der Waals surface area (Å²) in [6.07, 6.45) is -0.806. The lowest BCUT2D eigenvalue weighted by molar-refractivity contribution is -0.140. The second-order valence-electron chi connectivity index (χ2n) is 8.56. The Morgan fingerprint density at radius 1 is 1.08 bits per heavy atom. The van der Waals surface area contributed by atoms with Crippen LogP contribution in [-0.4, -0.2) is 57.0 Å². The maximum Gasteiger partial charge on any atom is 0.406 e. The predicted octanol–water partition coefficient (Wildman–Crippen LogP) is 6.00. The van der Waals surface area contributed by atoms with Crippen LogP contribution in [0, 0.1) is 11.8 Å². The number of aromatic nitrogens is 1. The first-order valence-corrected chi connectivity index (χ1v) is 13.1. The van der Waals surface area contributed by atoms with Crippen LogP contribution < -0.4 is 20.1 Å². The van der Waals surface area contributed by atoms with E-state index in [0.717, 1.165) is 23.4 Å². The normalized spacial score (nSPS) is 14.2. The summed E-state index contributed by atoms with van der Waals surface area (Å²) in [5.41, 5.74) is 2.16. The molecular weight excluding hydrogens is 503 g/mol. The van der Waals surface area contributed by atoms with E-state index in [1.54, 1.807) is 44.2 Å². The van der Waals surface area contributed by atoms with Crippen molar-refractivity contribution in [1.29, 1.82) is 0 Å². The standard InChI is InChI=1S/C27H30F3N3O3S/c1-34-24-9-8-23-21(26(24)32-18-10-13-36-14-11-18)15-19(33(23)17-27(28,29)30)5-4-12-31-22-7-6-20(37-3)16-25(22)35-2/h6-9,15-16,18,31-32H,10-14,17H2,1-3H3. The third kappa shape index (κ3) is 6.59. The number of benzene rings is 2. The van der Waals surface area contributed by atoms with Crippen LogP contribution in [0.25, 0.3) is 10.9 Å². The zero-order valence-electron chi connectivity index (χ0n) is 21.0. The summed E-state index contributed by atoms with van der Waals surface area (Å²) in [6, 6.07) is 11.0. The molecule has 198 valence electrons. The Labute approximate surface area is 218 Å². The smallest absolute Gasteiger partial charge is 0.406 e. The van der Waals surface area contributed by atoms with Gasteiger partial charge in [-0.3, -0.25) is 0 Å². The molecule has 2 aromatic carbocycles. The third-order valence-corrected chi connectivity index (χ3v) is 6.89. The number of hydrogen-bond donors (Lipinski definition) is 2. The van der Waals surface area contributed by atoms with Crippen LogP contribution in [0.2, 0.25) is 0 Å². The molecule has 0 aliphatic carbocycles. The molecule has 0 radical (unpaired) electrons. The maximum atomic E-state index is 13.5. The van der Waals surface area contributed by atoms with Crippen molar-refractivity contribution in [2.75, 3.05) is 50.9 Å². The number of thioether (sulfide) groups is 1. The van der Waals surface area contributed by atoms with E-state index in [-0.39, 0.29) is 18.3 Å². The second kappa shape index (κ2) is 11.9. The fourth-order valence-corrected chi connectivity index (χ4v) is 4.78. The van der Waals surface area contributed by atoms with Crippen molar-refractivity contribution in [1.82, 2.24) is 4.57 Å². The van der Waals surface area contributed by atoms with E-state index in [9.17, 15) is 13.2 Å². The molecule has 1 saturated heterocycles. The van der Waals surface area contributed by atoms with E-state index in [1.807, 2.05) is 24.5 Å². The molecule has 1 aromatic heterocycles. The average Bonchev–Trinajstić information content (AvgIpc) is 3.23. The van der Waals surface area contributed by atoms with Gasteiger partial charge in [0.1, 0.15) is 18.0 Å². The zero-order valence-corrected chi connectivity index (χ0v) is 21.8. The molecule has 1 aliphatic rings. The lowest BCUT2D eigenvalue weighted by Crippen LogP contribution is -2.28. The van der Waals surface area contributed by atoms with Crippen LogP contribution in [0.4, 0.5) is 24.5 Å². The minimum atomic E-state index is -4.40. The molecule has 37 heavy (non-hydrogen) atoms. The second-order valence-corrected chi connectivity index (χ2v) is 9.44. The highest BCUT2D eigenvalue weighted by Crippen LogP contribution is 2.37. The van der Waals surface area contributed by atoms with Crippen molar-refractivity contribution in [3.05, 3.63) is 42.1 Å². The highest BCUT2D eigenvalue weighted by Gasteiger charge is 2.30. The van der Waals surface area contributed by atoms with Crippen molar-refractivity contribution in [3.63, 3.8) is 0 Å². The van der Waals surface area contributed by atoms with Gasteiger partial charge in [0, 0.05) is 29.5 Å². The van der Waals surface area contributed by atoms with Crippen LogP contribution in [0.1, 0.15) is 18.5 Å². The minimum absolute atomic E-state index is 0.144. The third-order valence-electron chi connectivity index (χ3n) is 6.17. The van der Waals surface area contributed by atoms with Gasteiger partial charge in [0.2, 0.25) is 0 Å². The molecule has 3 aromatic rings. The molecule has 1 aliphatic heterocycles. The number of ether oxygens (including phenoxy) is 3. The number of halogens is 3. The summed E-state index contributed by atoms with van der Waals surface area (Å²) >= 11 is 1.60. The first kappa shape index (κ1) is 26.9.